The number of amides is 3. The Hall–Kier alpha value is -8.10. The highest BCUT2D eigenvalue weighted by atomic mass is 79.9. The number of carbonyl (C=O) groups excluding carboxylic acids is 6. The van der Waals surface area contributed by atoms with Gasteiger partial charge in [0, 0.05) is 70.4 Å². The molecule has 120 heavy (non-hydrogen) atoms. The second-order valence-electron chi connectivity index (χ2n) is 24.7. The van der Waals surface area contributed by atoms with Crippen LogP contribution in [0.3, 0.4) is 0 Å². The monoisotopic (exact) mass is 1830 g/mol. The number of hydrogen-bond acceptors (Lipinski definition) is 37. The first-order valence-electron chi connectivity index (χ1n) is 38.2. The smallest absolute Gasteiger partial charge is 0.333 e. The van der Waals surface area contributed by atoms with Crippen LogP contribution in [0.5, 0.6) is 34.5 Å². The van der Waals surface area contributed by atoms with Crippen LogP contribution in [0, 0.1) is 30.3 Å². The summed E-state index contributed by atoms with van der Waals surface area (Å²) >= 11 is 6.51. The molecular weight excluding hydrogens is 1720 g/mol. The van der Waals surface area contributed by atoms with E-state index in [4.69, 9.17) is 99.5 Å². The fourth-order valence-electron chi connectivity index (χ4n) is 9.73. The average molecular weight is 1830 g/mol. The number of aliphatic carboxylic acids is 1. The number of fused-ring (bicyclic) bond motifs is 64. The SMILES string of the molecule is C=C(C)C(=O)OCCOCCOc1cc2c([N+](=O)[O-])cc1OCCOCCOCCOCCOCCC(=O)NC(C(=O)CC)S2.COC(=O)C1CSCc2cc(OCCBr)c(cc2[N+](=O)[O-])OCCOCCOCCOCCOCCC(=O)N1.COc1cc2c([N+](=O)[O-])cc1OCCOCCOCCOCCOCCC(=O)NC(C(=O)O)CSC2. The fraction of sp³-hybridized carbons (Fsp3) is 0.640. The Morgan fingerprint density at radius 3 is 1.24 bits per heavy atom. The molecule has 41 nitrogen and oxygen atoms in total. The number of nitro groups is 3. The van der Waals surface area contributed by atoms with Crippen molar-refractivity contribution in [2.45, 2.75) is 73.4 Å². The number of carboxylic acid groups (broad SMARTS) is 1. The van der Waals surface area contributed by atoms with Crippen molar-refractivity contribution in [1.29, 1.82) is 0 Å². The molecule has 6 bridgehead atoms. The summed E-state index contributed by atoms with van der Waals surface area (Å²) in [7, 11) is 2.64. The molecule has 3 amide bonds. The summed E-state index contributed by atoms with van der Waals surface area (Å²) in [5, 5.41) is 52.2. The Labute approximate surface area is 715 Å². The Kier molecular flexibility index (Phi) is 56.2. The number of hydrogen-bond donors (Lipinski definition) is 4. The van der Waals surface area contributed by atoms with Crippen molar-refractivity contribution in [3.05, 3.63) is 90.0 Å². The molecule has 0 saturated heterocycles. The summed E-state index contributed by atoms with van der Waals surface area (Å²) in [5.41, 5.74) is 0.316. The minimum atomic E-state index is -1.21. The van der Waals surface area contributed by atoms with E-state index in [1.807, 2.05) is 0 Å². The zero-order valence-electron chi connectivity index (χ0n) is 67.7. The standard InChI is InChI=1S/C29H42N2O13S.C24H35BrN2O11S.C22H32N2O11S/c1-4-23(32)28-30-27(33)5-6-37-7-8-38-9-10-39-11-12-40-13-16-42-24-19-22(31(35)36)26(45-28)20-25(24)43-17-14-41-15-18-44-29(34)21(2)3;1-32-24(29)19-17-39-16-18-14-21(37-5-3-25)22(15-20(18)27(30)31)38-13-12-36-11-10-35-9-8-34-7-6-33-4-2-23(28)26-19;1-30-19-12-16-14-36-15-17(22(26)27)23-21(25)2-3-31-4-5-32-6-7-33-8-9-34-10-11-35-20(19)13-18(16)24(28)29/h19-20,28H,2,4-18H2,1,3H3,(H,30,33);14-15,19H,2-13,16-17H2,1H3,(H,26,28);12-13,17H,2-11,14-15H2,1H3,(H,23,25)(H,26,27). The van der Waals surface area contributed by atoms with Crippen molar-refractivity contribution in [2.75, 3.05) is 242 Å². The summed E-state index contributed by atoms with van der Waals surface area (Å²) in [6, 6.07) is 6.15. The van der Waals surface area contributed by atoms with Crippen LogP contribution in [0.4, 0.5) is 17.1 Å². The molecule has 9 rings (SSSR count). The van der Waals surface area contributed by atoms with Crippen LogP contribution in [0.2, 0.25) is 0 Å². The molecule has 3 atom stereocenters. The lowest BCUT2D eigenvalue weighted by atomic mass is 10.2. The molecular formula is C75H109BrN6O35S3. The number of carboxylic acids is 1. The molecule has 0 saturated carbocycles. The van der Waals surface area contributed by atoms with Gasteiger partial charge in [-0.3, -0.25) is 49.5 Å². The third kappa shape index (κ3) is 45.2. The Balaban J connectivity index is 0.000000381. The highest BCUT2D eigenvalue weighted by Crippen LogP contribution is 2.42. The van der Waals surface area contributed by atoms with E-state index in [-0.39, 0.29) is 210 Å². The van der Waals surface area contributed by atoms with Gasteiger partial charge in [-0.05, 0) is 19.1 Å². The molecule has 45 heteroatoms. The molecule has 0 fully saturated rings. The maximum atomic E-state index is 12.8. The normalized spacial score (nSPS) is 19.1. The number of benzene rings is 3. The lowest BCUT2D eigenvalue weighted by Gasteiger charge is -2.19. The van der Waals surface area contributed by atoms with Crippen LogP contribution in [0.15, 0.2) is 53.4 Å². The van der Waals surface area contributed by atoms with Gasteiger partial charge in [0.2, 0.25) is 17.7 Å². The summed E-state index contributed by atoms with van der Waals surface area (Å²) in [4.78, 5) is 119. The largest absolute Gasteiger partial charge is 0.493 e. The van der Waals surface area contributed by atoms with Crippen LogP contribution in [-0.2, 0) is 116 Å². The molecule has 4 N–H and O–H groups in total. The van der Waals surface area contributed by atoms with Gasteiger partial charge >= 0.3 is 17.9 Å². The van der Waals surface area contributed by atoms with E-state index in [1.165, 1.54) is 63.2 Å². The van der Waals surface area contributed by atoms with E-state index in [0.29, 0.717) is 140 Å². The number of thioether (sulfide) groups is 3. The van der Waals surface area contributed by atoms with Crippen molar-refractivity contribution in [3.8, 4) is 34.5 Å². The minimum absolute atomic E-state index is 0.00685. The Morgan fingerprint density at radius 1 is 0.492 bits per heavy atom. The third-order valence-electron chi connectivity index (χ3n) is 15.7. The van der Waals surface area contributed by atoms with E-state index in [0.717, 1.165) is 23.5 Å². The number of alkyl halides is 1. The van der Waals surface area contributed by atoms with Gasteiger partial charge in [-0.2, -0.15) is 23.5 Å². The number of nitro benzene ring substituents is 3. The molecule has 0 spiro atoms. The van der Waals surface area contributed by atoms with Crippen molar-refractivity contribution >= 4 is 110 Å². The molecule has 6 heterocycles. The maximum absolute atomic E-state index is 12.8. The number of ketones is 1. The lowest BCUT2D eigenvalue weighted by molar-refractivity contribution is -0.387. The molecule has 0 aliphatic carbocycles. The van der Waals surface area contributed by atoms with Crippen molar-refractivity contribution in [1.82, 2.24) is 16.0 Å². The van der Waals surface area contributed by atoms with Crippen LogP contribution < -0.4 is 44.4 Å². The lowest BCUT2D eigenvalue weighted by Crippen LogP contribution is -2.43. The summed E-state index contributed by atoms with van der Waals surface area (Å²) in [6.45, 7) is 14.9. The number of methoxy groups -OCH3 is 2. The highest BCUT2D eigenvalue weighted by molar-refractivity contribution is 9.09. The van der Waals surface area contributed by atoms with Crippen molar-refractivity contribution in [3.63, 3.8) is 0 Å². The van der Waals surface area contributed by atoms with Crippen LogP contribution in [0.25, 0.3) is 0 Å². The second kappa shape index (κ2) is 64.7. The first kappa shape index (κ1) is 104. The summed E-state index contributed by atoms with van der Waals surface area (Å²) in [6.07, 6.45) is 0.101. The van der Waals surface area contributed by atoms with Gasteiger partial charge in [-0.1, -0.05) is 41.2 Å². The van der Waals surface area contributed by atoms with Gasteiger partial charge in [0.05, 0.1) is 237 Å². The van der Waals surface area contributed by atoms with E-state index >= 15 is 0 Å². The first-order valence-corrected chi connectivity index (χ1v) is 42.5. The molecule has 3 aromatic rings. The predicted octanol–water partition coefficient (Wildman–Crippen LogP) is 5.84. The molecule has 0 aromatic heterocycles. The number of rotatable bonds is 19. The molecule has 6 aliphatic rings. The summed E-state index contributed by atoms with van der Waals surface area (Å²) < 4.78 is 114. The quantitative estimate of drug-likeness (QED) is 0.0208. The van der Waals surface area contributed by atoms with E-state index in [2.05, 4.69) is 38.5 Å². The first-order chi connectivity index (χ1) is 58.1. The van der Waals surface area contributed by atoms with Gasteiger partial charge in [0.1, 0.15) is 50.5 Å². The molecule has 0 radical (unpaired) electrons. The van der Waals surface area contributed by atoms with Gasteiger partial charge in [0.25, 0.3) is 17.1 Å². The third-order valence-corrected chi connectivity index (χ3v) is 19.4. The number of halogens is 1. The predicted molar refractivity (Wildman–Crippen MR) is 436 cm³/mol. The highest BCUT2D eigenvalue weighted by Gasteiger charge is 2.30. The molecule has 674 valence electrons. The zero-order valence-corrected chi connectivity index (χ0v) is 71.7. The van der Waals surface area contributed by atoms with Crippen molar-refractivity contribution in [2.24, 2.45) is 0 Å². The zero-order chi connectivity index (χ0) is 87.3. The molecule has 6 aliphatic heterocycles. The number of nitrogens with zero attached hydrogens (tertiary/aromatic N) is 3. The van der Waals surface area contributed by atoms with E-state index in [9.17, 15) is 69.0 Å². The molecule has 3 aromatic carbocycles. The number of Topliss-reactive ketones (excluding diaryl/α,β-unsaturated/α-hetero) is 1. The minimum Gasteiger partial charge on any atom is -0.493 e. The summed E-state index contributed by atoms with van der Waals surface area (Å²) in [5.74, 6) is -2.23. The fourth-order valence-corrected chi connectivity index (χ4v) is 13.1. The number of ether oxygens (including phenoxy) is 21. The Morgan fingerprint density at radius 2 is 0.850 bits per heavy atom. The number of esters is 2. The van der Waals surface area contributed by atoms with Gasteiger partial charge in [0.15, 0.2) is 40.3 Å². The van der Waals surface area contributed by atoms with Crippen LogP contribution >= 0.6 is 51.2 Å². The van der Waals surface area contributed by atoms with Gasteiger partial charge < -0.3 is 121 Å². The van der Waals surface area contributed by atoms with Crippen LogP contribution in [0.1, 0.15) is 50.7 Å². The topological polar surface area (TPSA) is 499 Å². The Bertz CT molecular complexity index is 3600. The molecule has 3 unspecified atom stereocenters. The maximum Gasteiger partial charge on any atom is 0.333 e. The van der Waals surface area contributed by atoms with Gasteiger partial charge in [-0.15, -0.1) is 0 Å². The van der Waals surface area contributed by atoms with Crippen LogP contribution in [-0.4, -0.2) is 321 Å². The van der Waals surface area contributed by atoms with Crippen molar-refractivity contribution < 1.29 is 153 Å². The average Bonchev–Trinajstić information content (AvgIpc) is 0.819. The van der Waals surface area contributed by atoms with Gasteiger partial charge in [-0.25, -0.2) is 14.4 Å². The number of carbonyl (C=O) groups is 7. The number of nitrogens with one attached hydrogen (secondary N) is 3. The van der Waals surface area contributed by atoms with E-state index < -0.39 is 61.9 Å². The second-order valence-corrected chi connectivity index (χ2v) is 28.7. The van der Waals surface area contributed by atoms with E-state index in [1.54, 1.807) is 13.0 Å².